The Hall–Kier alpha value is -0.0800. The van der Waals surface area contributed by atoms with Gasteiger partial charge in [0.2, 0.25) is 0 Å². The maximum absolute atomic E-state index is 11.1. The second-order valence-electron chi connectivity index (χ2n) is 3.03. The molecule has 1 radical (unpaired) electrons. The largest absolute Gasteiger partial charge is 0.383 e. The Morgan fingerprint density at radius 3 is 1.69 bits per heavy atom. The molecule has 85 valence electrons. The van der Waals surface area contributed by atoms with Gasteiger partial charge in [-0.15, -0.1) is 0 Å². The van der Waals surface area contributed by atoms with Gasteiger partial charge in [-0.25, -0.2) is 8.42 Å². The molecule has 0 saturated heterocycles. The molecule has 0 aliphatic carbocycles. The molecule has 5 nitrogen and oxygen atoms in total. The number of benzene rings is 1. The Labute approximate surface area is 117 Å². The molecule has 0 atom stereocenters. The van der Waals surface area contributed by atoms with Gasteiger partial charge in [-0.2, -0.15) is 8.42 Å². The van der Waals surface area contributed by atoms with Crippen LogP contribution in [0.4, 0.5) is 0 Å². The van der Waals surface area contributed by atoms with Gasteiger partial charge in [-0.05, 0) is 24.3 Å². The predicted octanol–water partition coefficient (Wildman–Crippen LogP) is 0.0477. The van der Waals surface area contributed by atoms with Crippen molar-refractivity contribution in [3.63, 3.8) is 0 Å². The number of sulfone groups is 1. The fourth-order valence-electron chi connectivity index (χ4n) is 0.917. The first-order valence-electron chi connectivity index (χ1n) is 3.88. The molecule has 0 amide bonds. The topological polar surface area (TPSA) is 77.5 Å². The molecule has 0 heterocycles. The fourth-order valence-corrected chi connectivity index (χ4v) is 2.01. The van der Waals surface area contributed by atoms with Crippen LogP contribution in [0, 0.1) is 0 Å². The van der Waals surface area contributed by atoms with Gasteiger partial charge in [-0.3, -0.25) is 0 Å². The zero-order valence-corrected chi connectivity index (χ0v) is 12.8. The quantitative estimate of drug-likeness (QED) is 0.574. The second-order valence-corrected chi connectivity index (χ2v) is 6.62. The van der Waals surface area contributed by atoms with Gasteiger partial charge in [0.25, 0.3) is 0 Å². The average molecular weight is 273 g/mol. The van der Waals surface area contributed by atoms with Gasteiger partial charge in [0.05, 0.1) is 11.2 Å². The molecular weight excluding hydrogens is 263 g/mol. The Kier molecular flexibility index (Phi) is 5.48. The Bertz CT molecular complexity index is 545. The normalized spacial score (nSPS) is 11.6. The summed E-state index contributed by atoms with van der Waals surface area (Å²) in [5.41, 5.74) is 0. The molecule has 0 aliphatic heterocycles. The summed E-state index contributed by atoms with van der Waals surface area (Å²) in [5, 5.41) is 0. The summed E-state index contributed by atoms with van der Waals surface area (Å²) in [4.78, 5) is 0.114. The predicted molar refractivity (Wildman–Crippen MR) is 60.8 cm³/mol. The van der Waals surface area contributed by atoms with E-state index >= 15 is 0 Å². The van der Waals surface area contributed by atoms with Crippen LogP contribution < -0.4 is 4.18 Å². The van der Waals surface area contributed by atoms with Crippen LogP contribution in [0.5, 0.6) is 5.75 Å². The summed E-state index contributed by atoms with van der Waals surface area (Å²) in [6.45, 7) is 0. The van der Waals surface area contributed by atoms with Crippen LogP contribution in [0.2, 0.25) is 0 Å². The molecule has 0 bridgehead atoms. The number of rotatable bonds is 3. The number of hydrogen-bond donors (Lipinski definition) is 0. The van der Waals surface area contributed by atoms with Crippen molar-refractivity contribution in [1.29, 1.82) is 0 Å². The van der Waals surface area contributed by atoms with Crippen molar-refractivity contribution in [3.05, 3.63) is 24.3 Å². The van der Waals surface area contributed by atoms with Gasteiger partial charge in [-0.1, -0.05) is 0 Å². The van der Waals surface area contributed by atoms with Crippen molar-refractivity contribution in [2.45, 2.75) is 4.90 Å². The van der Waals surface area contributed by atoms with Gasteiger partial charge >= 0.3 is 10.1 Å². The van der Waals surface area contributed by atoms with E-state index in [0.29, 0.717) is 0 Å². The zero-order chi connectivity index (χ0) is 11.7. The van der Waals surface area contributed by atoms with Crippen LogP contribution in [0.15, 0.2) is 29.2 Å². The molecule has 1 rings (SSSR count). The van der Waals surface area contributed by atoms with Crippen LogP contribution in [-0.2, 0) is 20.0 Å². The molecule has 0 unspecified atom stereocenters. The van der Waals surface area contributed by atoms with Crippen molar-refractivity contribution < 1.29 is 21.0 Å². The van der Waals surface area contributed by atoms with Gasteiger partial charge in [0, 0.05) is 35.8 Å². The van der Waals surface area contributed by atoms with Gasteiger partial charge in [0.15, 0.2) is 9.84 Å². The van der Waals surface area contributed by atoms with Crippen LogP contribution >= 0.6 is 0 Å². The molecule has 16 heavy (non-hydrogen) atoms. The smallest absolute Gasteiger partial charge is 0.306 e. The summed E-state index contributed by atoms with van der Waals surface area (Å²) >= 11 is 0. The van der Waals surface area contributed by atoms with E-state index in [-0.39, 0.29) is 40.2 Å². The molecule has 1 aromatic carbocycles. The van der Waals surface area contributed by atoms with E-state index in [1.807, 2.05) is 0 Å². The monoisotopic (exact) mass is 273 g/mol. The molecule has 0 aliphatic rings. The molecule has 1 aromatic rings. The standard InChI is InChI=1S/C8H10O5S2.Na/c1-14(9,10)8-5-3-7(4-6-8)13-15(2,11)12;/h3-6H,1-2H3;. The SMILES string of the molecule is CS(=O)(=O)Oc1ccc(S(C)(=O)=O)cc1.[Na]. The average Bonchev–Trinajstić information content (AvgIpc) is 2.00. The molecule has 0 fully saturated rings. The van der Waals surface area contributed by atoms with Crippen molar-refractivity contribution in [2.24, 2.45) is 0 Å². The zero-order valence-electron chi connectivity index (χ0n) is 9.17. The second kappa shape index (κ2) is 5.50. The maximum atomic E-state index is 11.1. The van der Waals surface area contributed by atoms with Crippen molar-refractivity contribution >= 4 is 49.5 Å². The van der Waals surface area contributed by atoms with Crippen molar-refractivity contribution in [2.75, 3.05) is 12.5 Å². The van der Waals surface area contributed by atoms with Crippen LogP contribution in [0.3, 0.4) is 0 Å². The summed E-state index contributed by atoms with van der Waals surface area (Å²) in [6.07, 6.45) is 1.98. The fraction of sp³-hybridized carbons (Fsp3) is 0.250. The van der Waals surface area contributed by atoms with Gasteiger partial charge < -0.3 is 4.18 Å². The number of hydrogen-bond acceptors (Lipinski definition) is 5. The van der Waals surface area contributed by atoms with E-state index < -0.39 is 20.0 Å². The van der Waals surface area contributed by atoms with E-state index in [9.17, 15) is 16.8 Å². The Balaban J connectivity index is 0.00000225. The van der Waals surface area contributed by atoms with E-state index in [1.54, 1.807) is 0 Å². The summed E-state index contributed by atoms with van der Waals surface area (Å²) in [7, 11) is -6.84. The van der Waals surface area contributed by atoms with Crippen molar-refractivity contribution in [3.8, 4) is 5.75 Å². The molecule has 0 N–H and O–H groups in total. The first-order chi connectivity index (χ1) is 6.68. The molecular formula is C8H10NaO5S2. The molecule has 8 heteroatoms. The maximum Gasteiger partial charge on any atom is 0.306 e. The third kappa shape index (κ3) is 5.31. The minimum atomic E-state index is -3.57. The first kappa shape index (κ1) is 15.9. The minimum Gasteiger partial charge on any atom is -0.383 e. The van der Waals surface area contributed by atoms with E-state index in [0.717, 1.165) is 12.5 Å². The van der Waals surface area contributed by atoms with E-state index in [2.05, 4.69) is 4.18 Å². The van der Waals surface area contributed by atoms with Gasteiger partial charge in [0.1, 0.15) is 5.75 Å². The van der Waals surface area contributed by atoms with Crippen LogP contribution in [0.25, 0.3) is 0 Å². The molecule has 0 saturated carbocycles. The molecule has 0 aromatic heterocycles. The Morgan fingerprint density at radius 2 is 1.38 bits per heavy atom. The third-order valence-corrected chi connectivity index (χ3v) is 3.12. The first-order valence-corrected chi connectivity index (χ1v) is 7.59. The third-order valence-electron chi connectivity index (χ3n) is 1.50. The molecule has 0 spiro atoms. The van der Waals surface area contributed by atoms with E-state index in [4.69, 9.17) is 0 Å². The minimum absolute atomic E-state index is 0. The van der Waals surface area contributed by atoms with Crippen molar-refractivity contribution in [1.82, 2.24) is 0 Å². The Morgan fingerprint density at radius 1 is 0.938 bits per heavy atom. The summed E-state index contributed by atoms with van der Waals surface area (Å²) in [5.74, 6) is 0.0879. The van der Waals surface area contributed by atoms with E-state index in [1.165, 1.54) is 24.3 Å². The van der Waals surface area contributed by atoms with Crippen LogP contribution in [0.1, 0.15) is 0 Å². The summed E-state index contributed by atoms with van der Waals surface area (Å²) in [6, 6.07) is 5.15. The van der Waals surface area contributed by atoms with Crippen LogP contribution in [-0.4, -0.2) is 58.9 Å². The summed E-state index contributed by atoms with van der Waals surface area (Å²) < 4.78 is 48.2.